The molecule has 0 amide bonds. The minimum Gasteiger partial charge on any atom is -0.490 e. The lowest BCUT2D eigenvalue weighted by Gasteiger charge is -2.48. The maximum absolute atomic E-state index is 9.24. The number of nitrogens with two attached hydrogens (primary N) is 1. The van der Waals surface area contributed by atoms with Crippen LogP contribution in [-0.2, 0) is 15.0 Å². The molecule has 1 spiro atoms. The number of hydrogen-bond acceptors (Lipinski definition) is 7. The number of ether oxygens (including phenoxy) is 3. The van der Waals surface area contributed by atoms with Gasteiger partial charge in [0.05, 0.1) is 17.8 Å². The molecular weight excluding hydrogens is 392 g/mol. The van der Waals surface area contributed by atoms with E-state index in [2.05, 4.69) is 31.0 Å². The fourth-order valence-corrected chi connectivity index (χ4v) is 5.20. The van der Waals surface area contributed by atoms with Gasteiger partial charge in [-0.25, -0.2) is 4.99 Å². The van der Waals surface area contributed by atoms with E-state index in [1.54, 1.807) is 12.4 Å². The van der Waals surface area contributed by atoms with Gasteiger partial charge in [-0.1, -0.05) is 6.07 Å². The van der Waals surface area contributed by atoms with Crippen molar-refractivity contribution in [3.05, 3.63) is 47.8 Å². The highest BCUT2D eigenvalue weighted by atomic mass is 16.5. The van der Waals surface area contributed by atoms with Crippen LogP contribution in [0.5, 0.6) is 5.75 Å². The maximum Gasteiger partial charge on any atom is 0.283 e. The minimum absolute atomic E-state index is 0.0483. The Bertz CT molecular complexity index is 1080. The van der Waals surface area contributed by atoms with Gasteiger partial charge < -0.3 is 19.9 Å². The van der Waals surface area contributed by atoms with Crippen molar-refractivity contribution in [1.29, 1.82) is 5.26 Å². The van der Waals surface area contributed by atoms with Gasteiger partial charge in [0.25, 0.3) is 6.02 Å². The van der Waals surface area contributed by atoms with Crippen molar-refractivity contribution in [2.45, 2.75) is 57.0 Å². The van der Waals surface area contributed by atoms with E-state index >= 15 is 0 Å². The number of benzene rings is 1. The fraction of sp³-hybridized carbons (Fsp3) is 0.458. The van der Waals surface area contributed by atoms with Crippen molar-refractivity contribution in [1.82, 2.24) is 4.98 Å². The Hall–Kier alpha value is -3.11. The Kier molecular flexibility index (Phi) is 4.82. The van der Waals surface area contributed by atoms with E-state index in [0.717, 1.165) is 41.7 Å². The van der Waals surface area contributed by atoms with Gasteiger partial charge in [0.15, 0.2) is 0 Å². The average Bonchev–Trinajstić information content (AvgIpc) is 3.16. The number of aliphatic imine (C=N–C) groups is 1. The number of fused-ring (bicyclic) bond motifs is 4. The lowest BCUT2D eigenvalue weighted by molar-refractivity contribution is -0.0791. The molecule has 1 aliphatic carbocycles. The van der Waals surface area contributed by atoms with Crippen molar-refractivity contribution in [2.24, 2.45) is 16.6 Å². The van der Waals surface area contributed by atoms with Crippen LogP contribution in [0.3, 0.4) is 0 Å². The van der Waals surface area contributed by atoms with E-state index in [-0.39, 0.29) is 30.3 Å². The largest absolute Gasteiger partial charge is 0.490 e. The molecule has 31 heavy (non-hydrogen) atoms. The number of hydrogen-bond donors (Lipinski definition) is 1. The molecule has 0 saturated heterocycles. The smallest absolute Gasteiger partial charge is 0.283 e. The third-order valence-electron chi connectivity index (χ3n) is 6.49. The summed E-state index contributed by atoms with van der Waals surface area (Å²) in [6.07, 6.45) is 6.44. The first kappa shape index (κ1) is 19.8. The molecule has 160 valence electrons. The molecule has 5 rings (SSSR count). The van der Waals surface area contributed by atoms with Gasteiger partial charge in [0, 0.05) is 29.4 Å². The van der Waals surface area contributed by atoms with Crippen LogP contribution in [0.1, 0.15) is 44.2 Å². The van der Waals surface area contributed by atoms with E-state index in [1.807, 2.05) is 18.2 Å². The minimum atomic E-state index is -0.600. The van der Waals surface area contributed by atoms with Gasteiger partial charge in [-0.3, -0.25) is 4.98 Å². The zero-order chi connectivity index (χ0) is 21.6. The lowest BCUT2D eigenvalue weighted by Crippen LogP contribution is -2.52. The summed E-state index contributed by atoms with van der Waals surface area (Å²) in [5, 5.41) is 9.24. The van der Waals surface area contributed by atoms with Crippen LogP contribution in [0.2, 0.25) is 0 Å². The number of nitriles is 1. The number of aromatic nitrogens is 1. The van der Waals surface area contributed by atoms with Crippen molar-refractivity contribution in [3.8, 4) is 22.9 Å². The van der Waals surface area contributed by atoms with Crippen LogP contribution in [0.4, 0.5) is 0 Å². The van der Waals surface area contributed by atoms with Gasteiger partial charge in [-0.2, -0.15) is 5.26 Å². The summed E-state index contributed by atoms with van der Waals surface area (Å²) < 4.78 is 18.3. The third kappa shape index (κ3) is 3.41. The molecule has 7 heteroatoms. The predicted octanol–water partition coefficient (Wildman–Crippen LogP) is 3.52. The van der Waals surface area contributed by atoms with E-state index in [1.165, 1.54) is 0 Å². The van der Waals surface area contributed by atoms with Crippen LogP contribution in [0.25, 0.3) is 11.1 Å². The predicted molar refractivity (Wildman–Crippen MR) is 115 cm³/mol. The van der Waals surface area contributed by atoms with Crippen LogP contribution >= 0.6 is 0 Å². The molecule has 3 heterocycles. The molecule has 1 aromatic carbocycles. The quantitative estimate of drug-likeness (QED) is 0.818. The molecule has 3 aliphatic rings. The number of amidine groups is 1. The van der Waals surface area contributed by atoms with Gasteiger partial charge >= 0.3 is 0 Å². The molecule has 4 atom stereocenters. The SMILES string of the molecule is CC(C)O[C@@H]1CCC2Oc3ccc(-c4cncc(C#N)c4)cc3[C@]3(COC(N)=N3)C2C1. The van der Waals surface area contributed by atoms with E-state index in [4.69, 9.17) is 24.9 Å². The zero-order valence-corrected chi connectivity index (χ0v) is 17.7. The van der Waals surface area contributed by atoms with Crippen molar-refractivity contribution in [2.75, 3.05) is 6.61 Å². The Morgan fingerprint density at radius 2 is 2.10 bits per heavy atom. The third-order valence-corrected chi connectivity index (χ3v) is 6.49. The second-order valence-electron chi connectivity index (χ2n) is 8.83. The first-order valence-corrected chi connectivity index (χ1v) is 10.8. The van der Waals surface area contributed by atoms with Crippen molar-refractivity contribution >= 4 is 6.02 Å². The lowest BCUT2D eigenvalue weighted by atomic mass is 9.67. The van der Waals surface area contributed by atoms with Crippen molar-refractivity contribution < 1.29 is 14.2 Å². The summed E-state index contributed by atoms with van der Waals surface area (Å²) in [4.78, 5) is 9.06. The summed E-state index contributed by atoms with van der Waals surface area (Å²) >= 11 is 0. The molecule has 1 fully saturated rings. The van der Waals surface area contributed by atoms with Crippen molar-refractivity contribution in [3.63, 3.8) is 0 Å². The van der Waals surface area contributed by atoms with Crippen LogP contribution in [0.15, 0.2) is 41.7 Å². The van der Waals surface area contributed by atoms with Gasteiger partial charge in [-0.15, -0.1) is 0 Å². The second kappa shape index (κ2) is 7.54. The number of rotatable bonds is 3. The molecule has 0 bridgehead atoms. The molecular formula is C24H26N4O3. The van der Waals surface area contributed by atoms with Crippen LogP contribution in [-0.4, -0.2) is 35.9 Å². The standard InChI is InChI=1S/C24H26N4O3/c1-14(2)30-18-4-6-22-20(9-18)24(13-29-23(26)28-24)19-8-16(3-5-21(19)31-22)17-7-15(10-25)11-27-12-17/h3,5,7-8,11-12,14,18,20,22H,4,6,9,13H2,1-2H3,(H2,26,28)/t18-,20?,22?,24-/m1/s1. The average molecular weight is 418 g/mol. The summed E-state index contributed by atoms with van der Waals surface area (Å²) in [6, 6.07) is 10.3. The first-order chi connectivity index (χ1) is 15.0. The Labute approximate surface area is 181 Å². The highest BCUT2D eigenvalue weighted by molar-refractivity contribution is 5.75. The van der Waals surface area contributed by atoms with Gasteiger partial charge in [-0.05, 0) is 56.9 Å². The molecule has 7 nitrogen and oxygen atoms in total. The monoisotopic (exact) mass is 418 g/mol. The Morgan fingerprint density at radius 1 is 1.23 bits per heavy atom. The summed E-state index contributed by atoms with van der Waals surface area (Å²) in [6.45, 7) is 4.53. The normalized spacial score (nSPS) is 28.8. The van der Waals surface area contributed by atoms with E-state index < -0.39 is 5.54 Å². The summed E-state index contributed by atoms with van der Waals surface area (Å²) in [5.41, 5.74) is 8.75. The van der Waals surface area contributed by atoms with Gasteiger partial charge in [0.1, 0.15) is 30.1 Å². The summed E-state index contributed by atoms with van der Waals surface area (Å²) in [5.74, 6) is 0.928. The highest BCUT2D eigenvalue weighted by Gasteiger charge is 2.55. The molecule has 1 saturated carbocycles. The molecule has 0 radical (unpaired) electrons. The van der Waals surface area contributed by atoms with Crippen LogP contribution in [0, 0.1) is 17.2 Å². The zero-order valence-electron chi connectivity index (χ0n) is 17.7. The first-order valence-electron chi connectivity index (χ1n) is 10.8. The Balaban J connectivity index is 1.59. The van der Waals surface area contributed by atoms with Gasteiger partial charge in [0.2, 0.25) is 0 Å². The fourth-order valence-electron chi connectivity index (χ4n) is 5.20. The van der Waals surface area contributed by atoms with E-state index in [9.17, 15) is 5.26 Å². The molecule has 2 aromatic rings. The highest BCUT2D eigenvalue weighted by Crippen LogP contribution is 2.53. The maximum atomic E-state index is 9.24. The number of pyridine rings is 1. The molecule has 2 aliphatic heterocycles. The number of nitrogens with zero attached hydrogens (tertiary/aromatic N) is 3. The summed E-state index contributed by atoms with van der Waals surface area (Å²) in [7, 11) is 0. The van der Waals surface area contributed by atoms with E-state index in [0.29, 0.717) is 12.2 Å². The second-order valence-corrected chi connectivity index (χ2v) is 8.83. The molecule has 2 unspecified atom stereocenters. The van der Waals surface area contributed by atoms with Crippen LogP contribution < -0.4 is 10.5 Å². The topological polar surface area (TPSA) is 103 Å². The molecule has 1 aromatic heterocycles. The Morgan fingerprint density at radius 3 is 2.84 bits per heavy atom. The molecule has 2 N–H and O–H groups in total.